The van der Waals surface area contributed by atoms with Crippen LogP contribution in [0.25, 0.3) is 22.1 Å². The van der Waals surface area contributed by atoms with Crippen molar-refractivity contribution in [2.75, 3.05) is 7.11 Å². The van der Waals surface area contributed by atoms with Crippen LogP contribution in [0.4, 0.5) is 0 Å². The highest BCUT2D eigenvalue weighted by atomic mass is 16.5. The van der Waals surface area contributed by atoms with Crippen LogP contribution in [0.15, 0.2) is 45.7 Å². The molecule has 1 saturated carbocycles. The lowest BCUT2D eigenvalue weighted by Gasteiger charge is -2.07. The van der Waals surface area contributed by atoms with E-state index in [0.717, 1.165) is 33.6 Å². The second-order valence-corrected chi connectivity index (χ2v) is 5.85. The zero-order valence-corrected chi connectivity index (χ0v) is 12.6. The van der Waals surface area contributed by atoms with Gasteiger partial charge in [0.2, 0.25) is 5.56 Å². The van der Waals surface area contributed by atoms with Gasteiger partial charge in [-0.05, 0) is 48.2 Å². The molecular weight excluding hydrogens is 278 g/mol. The van der Waals surface area contributed by atoms with Crippen molar-refractivity contribution in [2.45, 2.75) is 18.8 Å². The van der Waals surface area contributed by atoms with E-state index in [0.29, 0.717) is 5.92 Å². The van der Waals surface area contributed by atoms with Crippen molar-refractivity contribution >= 4 is 11.0 Å². The van der Waals surface area contributed by atoms with Gasteiger partial charge in [-0.25, -0.2) is 0 Å². The summed E-state index contributed by atoms with van der Waals surface area (Å²) >= 11 is 0. The molecule has 1 fully saturated rings. The Kier molecular flexibility index (Phi) is 2.86. The zero-order chi connectivity index (χ0) is 15.3. The first-order valence-corrected chi connectivity index (χ1v) is 7.45. The number of hydrogen-bond acceptors (Lipinski definition) is 3. The standard InChI is InChI=1S/C18H17NO3/c1-19-10-12(5-8-17(19)20)13-6-7-15(21-2)18-14(13)9-16(22-18)11-3-4-11/h5-11H,3-4H2,1-2H3. The Morgan fingerprint density at radius 1 is 1.23 bits per heavy atom. The molecule has 2 aromatic heterocycles. The van der Waals surface area contributed by atoms with E-state index in [-0.39, 0.29) is 5.56 Å². The maximum Gasteiger partial charge on any atom is 0.250 e. The number of nitrogens with zero attached hydrogens (tertiary/aromatic N) is 1. The van der Waals surface area contributed by atoms with Crippen LogP contribution in [0, 0.1) is 0 Å². The highest BCUT2D eigenvalue weighted by molar-refractivity contribution is 5.97. The van der Waals surface area contributed by atoms with E-state index in [1.54, 1.807) is 24.8 Å². The molecule has 0 bridgehead atoms. The third kappa shape index (κ3) is 2.03. The first kappa shape index (κ1) is 13.2. The molecule has 1 aliphatic rings. The van der Waals surface area contributed by atoms with Gasteiger partial charge in [0.1, 0.15) is 5.76 Å². The number of furan rings is 1. The van der Waals surface area contributed by atoms with Gasteiger partial charge in [0.15, 0.2) is 11.3 Å². The van der Waals surface area contributed by atoms with Crippen molar-refractivity contribution in [3.8, 4) is 16.9 Å². The molecule has 0 amide bonds. The Labute approximate surface area is 127 Å². The number of ether oxygens (including phenoxy) is 1. The fourth-order valence-electron chi connectivity index (χ4n) is 2.85. The Hall–Kier alpha value is -2.49. The summed E-state index contributed by atoms with van der Waals surface area (Å²) in [5.74, 6) is 2.33. The van der Waals surface area contributed by atoms with Crippen molar-refractivity contribution < 1.29 is 9.15 Å². The fraction of sp³-hybridized carbons (Fsp3) is 0.278. The highest BCUT2D eigenvalue weighted by Crippen LogP contribution is 2.45. The summed E-state index contributed by atoms with van der Waals surface area (Å²) in [6, 6.07) is 9.51. The number of rotatable bonds is 3. The van der Waals surface area contributed by atoms with E-state index < -0.39 is 0 Å². The maximum absolute atomic E-state index is 11.6. The van der Waals surface area contributed by atoms with Crippen LogP contribution in [0.3, 0.4) is 0 Å². The minimum Gasteiger partial charge on any atom is -0.493 e. The Balaban J connectivity index is 1.96. The number of methoxy groups -OCH3 is 1. The number of pyridine rings is 1. The summed E-state index contributed by atoms with van der Waals surface area (Å²) in [4.78, 5) is 11.6. The summed E-state index contributed by atoms with van der Waals surface area (Å²) in [5.41, 5.74) is 2.83. The second kappa shape index (κ2) is 4.77. The van der Waals surface area contributed by atoms with E-state index in [1.165, 1.54) is 12.8 Å². The predicted octanol–water partition coefficient (Wildman–Crippen LogP) is 3.68. The van der Waals surface area contributed by atoms with Crippen molar-refractivity contribution in [2.24, 2.45) is 7.05 Å². The molecule has 4 heteroatoms. The average molecular weight is 295 g/mol. The van der Waals surface area contributed by atoms with Gasteiger partial charge in [-0.3, -0.25) is 4.79 Å². The van der Waals surface area contributed by atoms with Crippen molar-refractivity contribution in [1.82, 2.24) is 4.57 Å². The Bertz CT molecular complexity index is 916. The molecule has 0 atom stereocenters. The number of hydrogen-bond donors (Lipinski definition) is 0. The predicted molar refractivity (Wildman–Crippen MR) is 85.4 cm³/mol. The number of aromatic nitrogens is 1. The lowest BCUT2D eigenvalue weighted by molar-refractivity contribution is 0.407. The van der Waals surface area contributed by atoms with Crippen LogP contribution in [0.5, 0.6) is 5.75 Å². The molecule has 0 unspecified atom stereocenters. The molecule has 0 N–H and O–H groups in total. The summed E-state index contributed by atoms with van der Waals surface area (Å²) in [7, 11) is 3.41. The molecule has 3 aromatic rings. The fourth-order valence-corrected chi connectivity index (χ4v) is 2.85. The minimum atomic E-state index is -0.0145. The molecule has 22 heavy (non-hydrogen) atoms. The molecule has 4 nitrogen and oxygen atoms in total. The van der Waals surface area contributed by atoms with Crippen LogP contribution < -0.4 is 10.3 Å². The zero-order valence-electron chi connectivity index (χ0n) is 12.6. The van der Waals surface area contributed by atoms with Crippen molar-refractivity contribution in [3.05, 3.63) is 52.6 Å². The lowest BCUT2D eigenvalue weighted by atomic mass is 10.0. The summed E-state index contributed by atoms with van der Waals surface area (Å²) in [6.07, 6.45) is 4.24. The Morgan fingerprint density at radius 3 is 2.73 bits per heavy atom. The summed E-state index contributed by atoms with van der Waals surface area (Å²) in [6.45, 7) is 0. The third-order valence-corrected chi connectivity index (χ3v) is 4.26. The molecule has 112 valence electrons. The molecule has 4 rings (SSSR count). The molecule has 0 spiro atoms. The van der Waals surface area contributed by atoms with Crippen LogP contribution in [-0.4, -0.2) is 11.7 Å². The van der Waals surface area contributed by atoms with E-state index in [1.807, 2.05) is 24.4 Å². The molecule has 1 aromatic carbocycles. The second-order valence-electron chi connectivity index (χ2n) is 5.85. The van der Waals surface area contributed by atoms with E-state index in [4.69, 9.17) is 9.15 Å². The van der Waals surface area contributed by atoms with Gasteiger partial charge in [-0.2, -0.15) is 0 Å². The normalized spacial score (nSPS) is 14.5. The van der Waals surface area contributed by atoms with E-state index in [2.05, 4.69) is 6.07 Å². The molecule has 2 heterocycles. The molecule has 1 aliphatic carbocycles. The van der Waals surface area contributed by atoms with Crippen LogP contribution >= 0.6 is 0 Å². The van der Waals surface area contributed by atoms with Gasteiger partial charge in [-0.15, -0.1) is 0 Å². The molecule has 0 saturated heterocycles. The lowest BCUT2D eigenvalue weighted by Crippen LogP contribution is -2.13. The summed E-state index contributed by atoms with van der Waals surface area (Å²) in [5, 5.41) is 1.04. The van der Waals surface area contributed by atoms with E-state index >= 15 is 0 Å². The quantitative estimate of drug-likeness (QED) is 0.740. The van der Waals surface area contributed by atoms with Gasteiger partial charge in [0, 0.05) is 30.6 Å². The first-order valence-electron chi connectivity index (χ1n) is 7.45. The topological polar surface area (TPSA) is 44.4 Å². The van der Waals surface area contributed by atoms with Gasteiger partial charge in [0.05, 0.1) is 7.11 Å². The Morgan fingerprint density at radius 2 is 2.05 bits per heavy atom. The highest BCUT2D eigenvalue weighted by Gasteiger charge is 2.28. The molecular formula is C18H17NO3. The van der Waals surface area contributed by atoms with E-state index in [9.17, 15) is 4.79 Å². The SMILES string of the molecule is COc1ccc(-c2ccc(=O)n(C)c2)c2cc(C3CC3)oc12. The maximum atomic E-state index is 11.6. The molecule has 0 aliphatic heterocycles. The monoisotopic (exact) mass is 295 g/mol. The van der Waals surface area contributed by atoms with Crippen molar-refractivity contribution in [1.29, 1.82) is 0 Å². The van der Waals surface area contributed by atoms with Gasteiger partial charge >= 0.3 is 0 Å². The number of fused-ring (bicyclic) bond motifs is 1. The summed E-state index contributed by atoms with van der Waals surface area (Å²) < 4.78 is 13.1. The number of aryl methyl sites for hydroxylation is 1. The first-order chi connectivity index (χ1) is 10.7. The van der Waals surface area contributed by atoms with Gasteiger partial charge < -0.3 is 13.7 Å². The minimum absolute atomic E-state index is 0.0145. The van der Waals surface area contributed by atoms with Crippen LogP contribution in [0.2, 0.25) is 0 Å². The van der Waals surface area contributed by atoms with Crippen LogP contribution in [0.1, 0.15) is 24.5 Å². The number of benzene rings is 1. The van der Waals surface area contributed by atoms with Crippen LogP contribution in [-0.2, 0) is 7.05 Å². The van der Waals surface area contributed by atoms with Crippen molar-refractivity contribution in [3.63, 3.8) is 0 Å². The van der Waals surface area contributed by atoms with Gasteiger partial charge in [0.25, 0.3) is 0 Å². The van der Waals surface area contributed by atoms with Gasteiger partial charge in [-0.1, -0.05) is 0 Å². The average Bonchev–Trinajstić information content (AvgIpc) is 3.28. The largest absolute Gasteiger partial charge is 0.493 e. The molecule has 0 radical (unpaired) electrons. The third-order valence-electron chi connectivity index (χ3n) is 4.26. The smallest absolute Gasteiger partial charge is 0.250 e.